The van der Waals surface area contributed by atoms with Crippen molar-refractivity contribution in [2.45, 2.75) is 58.6 Å². The van der Waals surface area contributed by atoms with E-state index in [1.54, 1.807) is 0 Å². The average Bonchev–Trinajstić information content (AvgIpc) is 2.43. The second-order valence-corrected chi connectivity index (χ2v) is 5.66. The molecule has 15 heavy (non-hydrogen) atoms. The minimum absolute atomic E-state index is 0.447. The molecular weight excluding hydrogens is 186 g/mol. The molecule has 0 spiro atoms. The molecule has 0 amide bonds. The zero-order valence-corrected chi connectivity index (χ0v) is 10.4. The summed E-state index contributed by atoms with van der Waals surface area (Å²) in [6.07, 6.45) is 5.99. The molecule has 2 aliphatic rings. The average molecular weight is 211 g/mol. The highest BCUT2D eigenvalue weighted by Gasteiger charge is 2.48. The van der Waals surface area contributed by atoms with Crippen LogP contribution in [-0.4, -0.2) is 25.3 Å². The second kappa shape index (κ2) is 4.42. The summed E-state index contributed by atoms with van der Waals surface area (Å²) in [4.78, 5) is 0. The van der Waals surface area contributed by atoms with Crippen LogP contribution < -0.4 is 5.32 Å². The molecule has 1 aliphatic heterocycles. The van der Waals surface area contributed by atoms with Crippen LogP contribution in [0.15, 0.2) is 0 Å². The number of nitrogens with one attached hydrogen (secondary N) is 1. The number of hydrogen-bond donors (Lipinski definition) is 1. The zero-order valence-electron chi connectivity index (χ0n) is 10.4. The first-order valence-electron chi connectivity index (χ1n) is 6.50. The van der Waals surface area contributed by atoms with Crippen LogP contribution in [-0.2, 0) is 4.74 Å². The minimum atomic E-state index is 0.447. The van der Waals surface area contributed by atoms with Crippen LogP contribution in [0, 0.1) is 11.3 Å². The molecular formula is C13H25NO. The summed E-state index contributed by atoms with van der Waals surface area (Å²) < 4.78 is 5.82. The fraction of sp³-hybridized carbons (Fsp3) is 1.00. The van der Waals surface area contributed by atoms with Crippen molar-refractivity contribution in [1.82, 2.24) is 5.32 Å². The number of rotatable bonds is 4. The minimum Gasteiger partial charge on any atom is -0.378 e. The van der Waals surface area contributed by atoms with Gasteiger partial charge < -0.3 is 10.1 Å². The van der Waals surface area contributed by atoms with Crippen LogP contribution >= 0.6 is 0 Å². The molecule has 0 aromatic rings. The van der Waals surface area contributed by atoms with E-state index in [-0.39, 0.29) is 0 Å². The second-order valence-electron chi connectivity index (χ2n) is 5.66. The molecule has 2 unspecified atom stereocenters. The molecule has 0 aromatic carbocycles. The van der Waals surface area contributed by atoms with Crippen molar-refractivity contribution in [2.75, 3.05) is 13.2 Å². The quantitative estimate of drug-likeness (QED) is 0.771. The molecule has 2 atom stereocenters. The van der Waals surface area contributed by atoms with Gasteiger partial charge in [0.1, 0.15) is 0 Å². The monoisotopic (exact) mass is 211 g/mol. The molecule has 2 nitrogen and oxygen atoms in total. The van der Waals surface area contributed by atoms with E-state index in [0.717, 1.165) is 19.1 Å². The van der Waals surface area contributed by atoms with Gasteiger partial charge in [0.05, 0.1) is 6.10 Å². The molecule has 0 bridgehead atoms. The Morgan fingerprint density at radius 1 is 1.40 bits per heavy atom. The van der Waals surface area contributed by atoms with Crippen LogP contribution in [0.25, 0.3) is 0 Å². The van der Waals surface area contributed by atoms with E-state index >= 15 is 0 Å². The number of ether oxygens (including phenoxy) is 1. The van der Waals surface area contributed by atoms with Crippen molar-refractivity contribution in [3.63, 3.8) is 0 Å². The summed E-state index contributed by atoms with van der Waals surface area (Å²) in [5.41, 5.74) is 0.447. The predicted octanol–water partition coefficient (Wildman–Crippen LogP) is 2.58. The first-order chi connectivity index (χ1) is 7.15. The first-order valence-corrected chi connectivity index (χ1v) is 6.50. The molecule has 2 fully saturated rings. The van der Waals surface area contributed by atoms with Gasteiger partial charge in [-0.05, 0) is 32.1 Å². The summed E-state index contributed by atoms with van der Waals surface area (Å²) >= 11 is 0. The fourth-order valence-electron chi connectivity index (χ4n) is 3.08. The van der Waals surface area contributed by atoms with E-state index in [1.165, 1.54) is 25.7 Å². The summed E-state index contributed by atoms with van der Waals surface area (Å²) in [6, 6.07) is 0.592. The van der Waals surface area contributed by atoms with Gasteiger partial charge in [-0.3, -0.25) is 0 Å². The van der Waals surface area contributed by atoms with Gasteiger partial charge in [-0.1, -0.05) is 20.3 Å². The summed E-state index contributed by atoms with van der Waals surface area (Å²) in [5.74, 6) is 0.918. The maximum atomic E-state index is 5.82. The molecule has 2 heteroatoms. The zero-order chi connectivity index (χ0) is 10.9. The van der Waals surface area contributed by atoms with Crippen molar-refractivity contribution < 1.29 is 4.74 Å². The fourth-order valence-corrected chi connectivity index (χ4v) is 3.08. The van der Waals surface area contributed by atoms with Gasteiger partial charge in [-0.15, -0.1) is 0 Å². The molecule has 1 N–H and O–H groups in total. The Morgan fingerprint density at radius 3 is 2.53 bits per heavy atom. The third kappa shape index (κ3) is 2.07. The predicted molar refractivity (Wildman–Crippen MR) is 62.9 cm³/mol. The molecule has 0 aromatic heterocycles. The highest BCUT2D eigenvalue weighted by atomic mass is 16.5. The Morgan fingerprint density at radius 2 is 2.13 bits per heavy atom. The largest absolute Gasteiger partial charge is 0.378 e. The lowest BCUT2D eigenvalue weighted by Crippen LogP contribution is -2.48. The Kier molecular flexibility index (Phi) is 3.36. The molecule has 1 saturated carbocycles. The smallest absolute Gasteiger partial charge is 0.0618 e. The van der Waals surface area contributed by atoms with Gasteiger partial charge in [-0.25, -0.2) is 0 Å². The Hall–Kier alpha value is -0.0800. The Bertz CT molecular complexity index is 213. The highest BCUT2D eigenvalue weighted by Crippen LogP contribution is 2.50. The van der Waals surface area contributed by atoms with E-state index in [9.17, 15) is 0 Å². The van der Waals surface area contributed by atoms with Crippen LogP contribution in [0.4, 0.5) is 0 Å². The molecule has 88 valence electrons. The lowest BCUT2D eigenvalue weighted by atomic mass is 9.62. The maximum Gasteiger partial charge on any atom is 0.0618 e. The van der Waals surface area contributed by atoms with Crippen molar-refractivity contribution in [1.29, 1.82) is 0 Å². The van der Waals surface area contributed by atoms with Crippen LogP contribution in [0.3, 0.4) is 0 Å². The van der Waals surface area contributed by atoms with Crippen molar-refractivity contribution in [3.05, 3.63) is 0 Å². The van der Waals surface area contributed by atoms with Crippen molar-refractivity contribution in [2.24, 2.45) is 11.3 Å². The first kappa shape index (κ1) is 11.4. The van der Waals surface area contributed by atoms with E-state index < -0.39 is 0 Å². The molecule has 2 rings (SSSR count). The topological polar surface area (TPSA) is 21.3 Å². The number of hydrogen-bond acceptors (Lipinski definition) is 2. The lowest BCUT2D eigenvalue weighted by Gasteiger charge is -2.45. The summed E-state index contributed by atoms with van der Waals surface area (Å²) in [6.45, 7) is 8.85. The maximum absolute atomic E-state index is 5.82. The van der Waals surface area contributed by atoms with Gasteiger partial charge in [-0.2, -0.15) is 0 Å². The van der Waals surface area contributed by atoms with Crippen molar-refractivity contribution >= 4 is 0 Å². The molecule has 0 radical (unpaired) electrons. The van der Waals surface area contributed by atoms with Crippen LogP contribution in [0.5, 0.6) is 0 Å². The van der Waals surface area contributed by atoms with Crippen LogP contribution in [0.2, 0.25) is 0 Å². The van der Waals surface area contributed by atoms with Gasteiger partial charge in [0.2, 0.25) is 0 Å². The van der Waals surface area contributed by atoms with Gasteiger partial charge in [0.15, 0.2) is 0 Å². The normalized spacial score (nSPS) is 37.2. The van der Waals surface area contributed by atoms with Crippen molar-refractivity contribution in [3.8, 4) is 0 Å². The van der Waals surface area contributed by atoms with Gasteiger partial charge in [0, 0.05) is 24.6 Å². The summed E-state index contributed by atoms with van der Waals surface area (Å²) in [7, 11) is 0. The SMILES string of the molecule is CC(C)NCC1(C2CCC2)CCOC1C. The van der Waals surface area contributed by atoms with Gasteiger partial charge >= 0.3 is 0 Å². The molecule has 1 saturated heterocycles. The van der Waals surface area contributed by atoms with E-state index in [1.807, 2.05) is 0 Å². The molecule has 1 aliphatic carbocycles. The summed E-state index contributed by atoms with van der Waals surface area (Å²) in [5, 5.41) is 3.63. The Balaban J connectivity index is 2.01. The van der Waals surface area contributed by atoms with Crippen LogP contribution in [0.1, 0.15) is 46.5 Å². The van der Waals surface area contributed by atoms with Gasteiger partial charge in [0.25, 0.3) is 0 Å². The Labute approximate surface area is 93.8 Å². The van der Waals surface area contributed by atoms with E-state index in [4.69, 9.17) is 4.74 Å². The molecule has 1 heterocycles. The third-order valence-electron chi connectivity index (χ3n) is 4.50. The highest BCUT2D eigenvalue weighted by molar-refractivity contribution is 4.99. The standard InChI is InChI=1S/C13H25NO/c1-10(2)14-9-13(12-5-4-6-12)7-8-15-11(13)3/h10-12,14H,4-9H2,1-3H3. The lowest BCUT2D eigenvalue weighted by molar-refractivity contribution is -0.00148. The van der Waals surface area contributed by atoms with E-state index in [2.05, 4.69) is 26.1 Å². The third-order valence-corrected chi connectivity index (χ3v) is 4.50. The van der Waals surface area contributed by atoms with E-state index in [0.29, 0.717) is 17.6 Å².